The first-order valence-electron chi connectivity index (χ1n) is 5.92. The third kappa shape index (κ3) is 2.26. The summed E-state index contributed by atoms with van der Waals surface area (Å²) >= 11 is 0. The van der Waals surface area contributed by atoms with Crippen molar-refractivity contribution in [3.05, 3.63) is 66.5 Å². The van der Waals surface area contributed by atoms with Crippen LogP contribution in [0.2, 0.25) is 0 Å². The highest BCUT2D eigenvalue weighted by atomic mass is 32.2. The Morgan fingerprint density at radius 1 is 0.850 bits per heavy atom. The summed E-state index contributed by atoms with van der Waals surface area (Å²) in [5, 5.41) is 3.47. The molecule has 3 nitrogen and oxygen atoms in total. The largest absolute Gasteiger partial charge is 0.315 e. The number of benzene rings is 3. The molecule has 0 unspecified atom stereocenters. The maximum absolute atomic E-state index is 13.8. The molecule has 0 aliphatic rings. The lowest BCUT2D eigenvalue weighted by Crippen LogP contribution is -1.99. The zero-order chi connectivity index (χ0) is 14.1. The highest BCUT2D eigenvalue weighted by molar-refractivity contribution is 7.67. The van der Waals surface area contributed by atoms with Gasteiger partial charge in [-0.3, -0.25) is 0 Å². The van der Waals surface area contributed by atoms with Crippen molar-refractivity contribution >= 4 is 32.5 Å². The monoisotopic (exact) mass is 289 g/mol. The van der Waals surface area contributed by atoms with E-state index in [2.05, 4.69) is 4.18 Å². The standard InChI is InChI=1S/C15H10FO3S/c16-15(19-20(17)18)14-7-3-6-12-11-5-2-1-4-10(11)8-9-13(12)14/h1-9,20H. The quantitative estimate of drug-likeness (QED) is 0.594. The van der Waals surface area contributed by atoms with Gasteiger partial charge in [-0.05, 0) is 21.5 Å². The summed E-state index contributed by atoms with van der Waals surface area (Å²) < 4.78 is 39.0. The molecule has 0 saturated carbocycles. The van der Waals surface area contributed by atoms with Crippen molar-refractivity contribution < 1.29 is 17.0 Å². The van der Waals surface area contributed by atoms with E-state index in [0.29, 0.717) is 5.39 Å². The van der Waals surface area contributed by atoms with Crippen LogP contribution < -0.4 is 0 Å². The van der Waals surface area contributed by atoms with Gasteiger partial charge >= 0.3 is 6.36 Å². The number of hydrogen-bond acceptors (Lipinski definition) is 3. The van der Waals surface area contributed by atoms with Crippen LogP contribution in [0.5, 0.6) is 0 Å². The zero-order valence-corrected chi connectivity index (χ0v) is 11.1. The Labute approximate surface area is 116 Å². The fraction of sp³-hybridized carbons (Fsp3) is 0. The van der Waals surface area contributed by atoms with Crippen LogP contribution in [0.25, 0.3) is 21.5 Å². The molecule has 0 aromatic heterocycles. The summed E-state index contributed by atoms with van der Waals surface area (Å²) in [5.74, 6) is 0. The average Bonchev–Trinajstić information content (AvgIpc) is 2.45. The normalized spacial score (nSPS) is 11.8. The van der Waals surface area contributed by atoms with E-state index in [1.165, 1.54) is 6.07 Å². The van der Waals surface area contributed by atoms with Crippen LogP contribution in [0.15, 0.2) is 54.6 Å². The van der Waals surface area contributed by atoms with Crippen molar-refractivity contribution in [3.8, 4) is 0 Å². The van der Waals surface area contributed by atoms with E-state index in [4.69, 9.17) is 0 Å². The molecule has 0 spiro atoms. The van der Waals surface area contributed by atoms with Gasteiger partial charge in [-0.25, -0.2) is 12.6 Å². The molecule has 0 heterocycles. The van der Waals surface area contributed by atoms with Crippen LogP contribution in [0.1, 0.15) is 5.56 Å². The summed E-state index contributed by atoms with van der Waals surface area (Å²) in [5.41, 5.74) is 0.132. The first-order valence-corrected chi connectivity index (χ1v) is 7.02. The maximum atomic E-state index is 13.8. The first-order chi connectivity index (χ1) is 9.66. The number of fused-ring (bicyclic) bond motifs is 3. The fourth-order valence-electron chi connectivity index (χ4n) is 2.33. The van der Waals surface area contributed by atoms with Crippen molar-refractivity contribution in [2.45, 2.75) is 0 Å². The van der Waals surface area contributed by atoms with Gasteiger partial charge in [0.1, 0.15) is 0 Å². The molecule has 1 radical (unpaired) electrons. The molecule has 101 valence electrons. The molecule has 0 amide bonds. The third-order valence-electron chi connectivity index (χ3n) is 3.15. The van der Waals surface area contributed by atoms with E-state index >= 15 is 0 Å². The number of rotatable bonds is 3. The number of hydrogen-bond donors (Lipinski definition) is 1. The summed E-state index contributed by atoms with van der Waals surface area (Å²) in [6.45, 7) is 0. The summed E-state index contributed by atoms with van der Waals surface area (Å²) in [4.78, 5) is 0. The highest BCUT2D eigenvalue weighted by Crippen LogP contribution is 2.31. The lowest BCUT2D eigenvalue weighted by atomic mass is 9.98. The van der Waals surface area contributed by atoms with Crippen molar-refractivity contribution in [1.29, 1.82) is 0 Å². The van der Waals surface area contributed by atoms with Crippen molar-refractivity contribution in [2.24, 2.45) is 0 Å². The Kier molecular flexibility index (Phi) is 3.38. The average molecular weight is 289 g/mol. The zero-order valence-electron chi connectivity index (χ0n) is 10.2. The van der Waals surface area contributed by atoms with E-state index in [1.54, 1.807) is 12.1 Å². The number of halogens is 1. The minimum Gasteiger partial charge on any atom is -0.221 e. The van der Waals surface area contributed by atoms with Gasteiger partial charge in [-0.15, -0.1) is 0 Å². The molecule has 20 heavy (non-hydrogen) atoms. The van der Waals surface area contributed by atoms with Crippen LogP contribution >= 0.6 is 0 Å². The molecule has 0 aliphatic carbocycles. The van der Waals surface area contributed by atoms with Crippen LogP contribution in [0.3, 0.4) is 0 Å². The molecule has 3 aromatic rings. The summed E-state index contributed by atoms with van der Waals surface area (Å²) in [7, 11) is -3.27. The summed E-state index contributed by atoms with van der Waals surface area (Å²) in [6.07, 6.45) is -1.11. The van der Waals surface area contributed by atoms with Gasteiger partial charge < -0.3 is 0 Å². The Balaban J connectivity index is 2.27. The van der Waals surface area contributed by atoms with Gasteiger partial charge in [0.15, 0.2) is 0 Å². The minimum atomic E-state index is -3.27. The molecule has 0 fully saturated rings. The smallest absolute Gasteiger partial charge is 0.221 e. The van der Waals surface area contributed by atoms with E-state index < -0.39 is 17.3 Å². The van der Waals surface area contributed by atoms with E-state index in [9.17, 15) is 12.8 Å². The molecule has 0 saturated heterocycles. The highest BCUT2D eigenvalue weighted by Gasteiger charge is 2.17. The SMILES string of the molecule is O=[SH](=O)O[C](F)c1cccc2c1ccc1ccccc12. The van der Waals surface area contributed by atoms with Crippen LogP contribution in [-0.4, -0.2) is 8.42 Å². The molecule has 3 aromatic carbocycles. The van der Waals surface area contributed by atoms with Gasteiger partial charge in [0, 0.05) is 5.56 Å². The predicted octanol–water partition coefficient (Wildman–Crippen LogP) is 3.34. The van der Waals surface area contributed by atoms with Crippen molar-refractivity contribution in [3.63, 3.8) is 0 Å². The molecule has 0 atom stereocenters. The molecular weight excluding hydrogens is 279 g/mol. The van der Waals surface area contributed by atoms with Gasteiger partial charge in [-0.1, -0.05) is 54.6 Å². The van der Waals surface area contributed by atoms with Crippen LogP contribution in [0.4, 0.5) is 4.39 Å². The lowest BCUT2D eigenvalue weighted by Gasteiger charge is -2.09. The maximum Gasteiger partial charge on any atom is 0.315 e. The second kappa shape index (κ2) is 5.19. The first kappa shape index (κ1) is 13.0. The van der Waals surface area contributed by atoms with Gasteiger partial charge in [0.2, 0.25) is 0 Å². The number of thiol groups is 1. The van der Waals surface area contributed by atoms with Crippen molar-refractivity contribution in [1.82, 2.24) is 0 Å². The van der Waals surface area contributed by atoms with E-state index in [0.717, 1.165) is 16.2 Å². The third-order valence-corrected chi connectivity index (χ3v) is 3.46. The topological polar surface area (TPSA) is 43.4 Å². The molecular formula is C15H10FO3S. The fourth-order valence-corrected chi connectivity index (χ4v) is 2.56. The Morgan fingerprint density at radius 3 is 2.40 bits per heavy atom. The molecule has 0 bridgehead atoms. The molecule has 0 aliphatic heterocycles. The van der Waals surface area contributed by atoms with Crippen LogP contribution in [-0.2, 0) is 15.2 Å². The second-order valence-electron chi connectivity index (χ2n) is 4.28. The Morgan fingerprint density at radius 2 is 1.60 bits per heavy atom. The van der Waals surface area contributed by atoms with Crippen LogP contribution in [0, 0.1) is 6.36 Å². The Bertz CT molecular complexity index is 850. The van der Waals surface area contributed by atoms with Gasteiger partial charge in [0.25, 0.3) is 11.0 Å². The van der Waals surface area contributed by atoms with Gasteiger partial charge in [-0.2, -0.15) is 4.39 Å². The molecule has 3 rings (SSSR count). The molecule has 0 N–H and O–H groups in total. The van der Waals surface area contributed by atoms with Gasteiger partial charge in [0.05, 0.1) is 0 Å². The van der Waals surface area contributed by atoms with Crippen molar-refractivity contribution in [2.75, 3.05) is 0 Å². The van der Waals surface area contributed by atoms with E-state index in [-0.39, 0.29) is 5.56 Å². The van der Waals surface area contributed by atoms with E-state index in [1.807, 2.05) is 36.4 Å². The summed E-state index contributed by atoms with van der Waals surface area (Å²) in [6, 6.07) is 16.4. The second-order valence-corrected chi connectivity index (χ2v) is 4.91. The minimum absolute atomic E-state index is 0.132. The molecule has 5 heteroatoms. The Hall–Kier alpha value is -1.98. The lowest BCUT2D eigenvalue weighted by molar-refractivity contribution is 0.236. The predicted molar refractivity (Wildman–Crippen MR) is 76.3 cm³/mol.